The molecule has 106 valence electrons. The number of aryl methyl sites for hydroxylation is 2. The SMILES string of the molecule is Cc1cc(C)cc(N(C)C(=O)C(C)(N)C(F)(F)F)c1. The second kappa shape index (κ2) is 4.85. The van der Waals surface area contributed by atoms with Crippen molar-refractivity contribution in [2.45, 2.75) is 32.5 Å². The van der Waals surface area contributed by atoms with Crippen LogP contribution < -0.4 is 10.6 Å². The van der Waals surface area contributed by atoms with Gasteiger partial charge in [-0.2, -0.15) is 13.2 Å². The second-order valence-electron chi connectivity index (χ2n) is 4.91. The van der Waals surface area contributed by atoms with E-state index in [1.54, 1.807) is 26.0 Å². The molecule has 0 saturated carbocycles. The lowest BCUT2D eigenvalue weighted by atomic mass is 10.0. The fourth-order valence-corrected chi connectivity index (χ4v) is 1.73. The Labute approximate surface area is 110 Å². The van der Waals surface area contributed by atoms with Gasteiger partial charge in [0.2, 0.25) is 0 Å². The van der Waals surface area contributed by atoms with Crippen molar-refractivity contribution in [1.29, 1.82) is 0 Å². The van der Waals surface area contributed by atoms with Gasteiger partial charge in [0.05, 0.1) is 0 Å². The fraction of sp³-hybridized carbons (Fsp3) is 0.462. The van der Waals surface area contributed by atoms with E-state index in [-0.39, 0.29) is 0 Å². The highest BCUT2D eigenvalue weighted by molar-refractivity contribution is 6.00. The molecular weight excluding hydrogens is 257 g/mol. The van der Waals surface area contributed by atoms with Crippen molar-refractivity contribution in [2.75, 3.05) is 11.9 Å². The first-order valence-electron chi connectivity index (χ1n) is 5.69. The third-order valence-electron chi connectivity index (χ3n) is 2.93. The summed E-state index contributed by atoms with van der Waals surface area (Å²) in [7, 11) is 1.29. The molecule has 0 aliphatic heterocycles. The topological polar surface area (TPSA) is 46.3 Å². The Bertz CT molecular complexity index is 475. The van der Waals surface area contributed by atoms with Crippen molar-refractivity contribution in [3.8, 4) is 0 Å². The molecule has 3 nitrogen and oxygen atoms in total. The van der Waals surface area contributed by atoms with Crippen LogP contribution in [0.3, 0.4) is 0 Å². The maximum Gasteiger partial charge on any atom is 0.415 e. The van der Waals surface area contributed by atoms with E-state index in [1.165, 1.54) is 7.05 Å². The van der Waals surface area contributed by atoms with Crippen molar-refractivity contribution in [2.24, 2.45) is 5.73 Å². The van der Waals surface area contributed by atoms with Crippen LogP contribution in [0.4, 0.5) is 18.9 Å². The number of benzene rings is 1. The molecule has 19 heavy (non-hydrogen) atoms. The summed E-state index contributed by atoms with van der Waals surface area (Å²) in [6, 6.07) is 5.14. The molecular formula is C13H17F3N2O. The molecule has 6 heteroatoms. The molecule has 1 amide bonds. The van der Waals surface area contributed by atoms with Gasteiger partial charge in [-0.3, -0.25) is 4.79 Å². The zero-order valence-corrected chi connectivity index (χ0v) is 11.3. The van der Waals surface area contributed by atoms with E-state index in [4.69, 9.17) is 5.73 Å². The predicted molar refractivity (Wildman–Crippen MR) is 68.0 cm³/mol. The predicted octanol–water partition coefficient (Wildman–Crippen LogP) is 2.55. The molecule has 2 N–H and O–H groups in total. The van der Waals surface area contributed by atoms with Crippen molar-refractivity contribution in [3.05, 3.63) is 29.3 Å². The average Bonchev–Trinajstić information content (AvgIpc) is 2.24. The number of amides is 1. The highest BCUT2D eigenvalue weighted by atomic mass is 19.4. The van der Waals surface area contributed by atoms with Gasteiger partial charge in [0.1, 0.15) is 0 Å². The highest BCUT2D eigenvalue weighted by Gasteiger charge is 2.55. The van der Waals surface area contributed by atoms with E-state index in [0.717, 1.165) is 16.0 Å². The summed E-state index contributed by atoms with van der Waals surface area (Å²) in [6.45, 7) is 4.29. The van der Waals surface area contributed by atoms with E-state index in [0.29, 0.717) is 12.6 Å². The number of nitrogens with zero attached hydrogens (tertiary/aromatic N) is 1. The van der Waals surface area contributed by atoms with Gasteiger partial charge in [0.15, 0.2) is 5.54 Å². The number of halogens is 3. The Kier molecular flexibility index (Phi) is 3.95. The van der Waals surface area contributed by atoms with Gasteiger partial charge >= 0.3 is 6.18 Å². The van der Waals surface area contributed by atoms with E-state index in [2.05, 4.69) is 0 Å². The summed E-state index contributed by atoms with van der Waals surface area (Å²) in [5.74, 6) is -1.19. The number of likely N-dealkylation sites (N-methyl/N-ethyl adjacent to an activating group) is 1. The molecule has 1 aromatic rings. The fourth-order valence-electron chi connectivity index (χ4n) is 1.73. The van der Waals surface area contributed by atoms with Gasteiger partial charge in [-0.15, -0.1) is 0 Å². The normalized spacial score (nSPS) is 14.9. The first kappa shape index (κ1) is 15.5. The van der Waals surface area contributed by atoms with Crippen LogP contribution in [0.15, 0.2) is 18.2 Å². The lowest BCUT2D eigenvalue weighted by Gasteiger charge is -2.31. The molecule has 0 bridgehead atoms. The lowest BCUT2D eigenvalue weighted by Crippen LogP contribution is -2.61. The molecule has 0 heterocycles. The third kappa shape index (κ3) is 3.07. The third-order valence-corrected chi connectivity index (χ3v) is 2.93. The minimum atomic E-state index is -4.79. The summed E-state index contributed by atoms with van der Waals surface area (Å²) < 4.78 is 38.2. The Morgan fingerprint density at radius 3 is 1.95 bits per heavy atom. The van der Waals surface area contributed by atoms with Crippen LogP contribution >= 0.6 is 0 Å². The molecule has 1 aromatic carbocycles. The maximum atomic E-state index is 12.7. The minimum absolute atomic E-state index is 0.392. The molecule has 0 radical (unpaired) electrons. The van der Waals surface area contributed by atoms with Gasteiger partial charge in [-0.25, -0.2) is 0 Å². The standard InChI is InChI=1S/C13H17F3N2O/c1-8-5-9(2)7-10(6-8)18(4)11(19)12(3,17)13(14,15)16/h5-7H,17H2,1-4H3. The van der Waals surface area contributed by atoms with Gasteiger partial charge in [-0.1, -0.05) is 6.07 Å². The van der Waals surface area contributed by atoms with Crippen LogP contribution in [0.2, 0.25) is 0 Å². The van der Waals surface area contributed by atoms with E-state index in [9.17, 15) is 18.0 Å². The van der Waals surface area contributed by atoms with Crippen LogP contribution in [0.5, 0.6) is 0 Å². The molecule has 1 rings (SSSR count). The molecule has 0 aliphatic carbocycles. The Morgan fingerprint density at radius 2 is 1.58 bits per heavy atom. The zero-order valence-electron chi connectivity index (χ0n) is 11.3. The van der Waals surface area contributed by atoms with Crippen LogP contribution in [-0.2, 0) is 4.79 Å². The van der Waals surface area contributed by atoms with Crippen LogP contribution in [0.1, 0.15) is 18.1 Å². The molecule has 0 saturated heterocycles. The summed E-state index contributed by atoms with van der Waals surface area (Å²) in [5.41, 5.74) is 4.35. The van der Waals surface area contributed by atoms with Crippen molar-refractivity contribution in [3.63, 3.8) is 0 Å². The number of rotatable bonds is 2. The van der Waals surface area contributed by atoms with Crippen LogP contribution in [-0.4, -0.2) is 24.7 Å². The Hall–Kier alpha value is -1.56. The zero-order chi connectivity index (χ0) is 15.0. The van der Waals surface area contributed by atoms with Crippen molar-refractivity contribution < 1.29 is 18.0 Å². The molecule has 0 spiro atoms. The number of hydrogen-bond donors (Lipinski definition) is 1. The first-order chi connectivity index (χ1) is 8.46. The number of carbonyl (C=O) groups is 1. The second-order valence-corrected chi connectivity index (χ2v) is 4.91. The van der Waals surface area contributed by atoms with Crippen LogP contribution in [0.25, 0.3) is 0 Å². The highest BCUT2D eigenvalue weighted by Crippen LogP contribution is 2.31. The van der Waals surface area contributed by atoms with Gasteiger partial charge in [0.25, 0.3) is 5.91 Å². The van der Waals surface area contributed by atoms with Gasteiger partial charge in [0, 0.05) is 12.7 Å². The molecule has 0 fully saturated rings. The molecule has 1 atom stereocenters. The Balaban J connectivity index is 3.13. The summed E-state index contributed by atoms with van der Waals surface area (Å²) in [4.78, 5) is 12.9. The molecule has 1 unspecified atom stereocenters. The van der Waals surface area contributed by atoms with E-state index >= 15 is 0 Å². The number of alkyl halides is 3. The lowest BCUT2D eigenvalue weighted by molar-refractivity contribution is -0.185. The smallest absolute Gasteiger partial charge is 0.314 e. The largest absolute Gasteiger partial charge is 0.415 e. The number of anilines is 1. The summed E-state index contributed by atoms with van der Waals surface area (Å²) in [6.07, 6.45) is -4.79. The molecule has 0 aromatic heterocycles. The first-order valence-corrected chi connectivity index (χ1v) is 5.69. The van der Waals surface area contributed by atoms with Crippen LogP contribution in [0, 0.1) is 13.8 Å². The quantitative estimate of drug-likeness (QED) is 0.900. The van der Waals surface area contributed by atoms with E-state index in [1.807, 2.05) is 6.07 Å². The monoisotopic (exact) mass is 274 g/mol. The average molecular weight is 274 g/mol. The summed E-state index contributed by atoms with van der Waals surface area (Å²) in [5, 5.41) is 0. The van der Waals surface area contributed by atoms with Crippen molar-refractivity contribution in [1.82, 2.24) is 0 Å². The minimum Gasteiger partial charge on any atom is -0.314 e. The number of carbonyl (C=O) groups excluding carboxylic acids is 1. The van der Waals surface area contributed by atoms with E-state index < -0.39 is 17.6 Å². The molecule has 0 aliphatic rings. The summed E-state index contributed by atoms with van der Waals surface area (Å²) >= 11 is 0. The van der Waals surface area contributed by atoms with Gasteiger partial charge in [-0.05, 0) is 44.0 Å². The maximum absolute atomic E-state index is 12.7. The number of nitrogens with two attached hydrogens (primary N) is 1. The number of hydrogen-bond acceptors (Lipinski definition) is 2. The Morgan fingerprint density at radius 1 is 1.16 bits per heavy atom. The van der Waals surface area contributed by atoms with Gasteiger partial charge < -0.3 is 10.6 Å². The van der Waals surface area contributed by atoms with Crippen molar-refractivity contribution >= 4 is 11.6 Å².